The van der Waals surface area contributed by atoms with Crippen molar-refractivity contribution in [3.8, 4) is 0 Å². The van der Waals surface area contributed by atoms with Gasteiger partial charge in [0.25, 0.3) is 0 Å². The Morgan fingerprint density at radius 1 is 1.36 bits per heavy atom. The maximum Gasteiger partial charge on any atom is 0.128 e. The van der Waals surface area contributed by atoms with Crippen LogP contribution in [-0.4, -0.2) is 44.0 Å². The highest BCUT2D eigenvalue weighted by Crippen LogP contribution is 2.32. The summed E-state index contributed by atoms with van der Waals surface area (Å²) >= 11 is 0. The minimum atomic E-state index is 0.803. The zero-order valence-corrected chi connectivity index (χ0v) is 8.11. The number of aldehydes is 1. The first-order valence-electron chi connectivity index (χ1n) is 4.90. The van der Waals surface area contributed by atoms with Crippen LogP contribution >= 0.6 is 0 Å². The lowest BCUT2D eigenvalue weighted by atomic mass is 9.97. The fourth-order valence-corrected chi connectivity index (χ4v) is 1.73. The lowest BCUT2D eigenvalue weighted by Gasteiger charge is -2.29. The first-order chi connectivity index (χ1) is 6.90. The molecule has 0 atom stereocenters. The summed E-state index contributed by atoms with van der Waals surface area (Å²) in [4.78, 5) is 13.0. The molecule has 14 heavy (non-hydrogen) atoms. The second kappa shape index (κ2) is 4.89. The zero-order chi connectivity index (χ0) is 9.80. The van der Waals surface area contributed by atoms with E-state index in [1.807, 2.05) is 19.3 Å². The molecule has 0 aromatic rings. The highest BCUT2D eigenvalue weighted by Gasteiger charge is 2.30. The number of carbonyl (C=O) groups excluding carboxylic acids is 1. The fourth-order valence-electron chi connectivity index (χ4n) is 1.73. The van der Waals surface area contributed by atoms with Crippen LogP contribution in [0.1, 0.15) is 0 Å². The van der Waals surface area contributed by atoms with Gasteiger partial charge in [-0.25, -0.2) is 0 Å². The summed E-state index contributed by atoms with van der Waals surface area (Å²) in [5, 5.41) is 0. The minimum Gasteiger partial charge on any atom is -0.379 e. The number of nitrogens with zero attached hydrogens (tertiary/aromatic N) is 1. The second-order valence-corrected chi connectivity index (χ2v) is 3.51. The average Bonchev–Trinajstić information content (AvgIpc) is 2.67. The Kier molecular flexibility index (Phi) is 3.54. The van der Waals surface area contributed by atoms with Crippen LogP contribution in [0.4, 0.5) is 0 Å². The van der Waals surface area contributed by atoms with Crippen molar-refractivity contribution in [1.82, 2.24) is 4.90 Å². The van der Waals surface area contributed by atoms with Crippen molar-refractivity contribution in [3.05, 3.63) is 31.1 Å². The molecule has 2 fully saturated rings. The molecule has 3 heteroatoms. The third kappa shape index (κ3) is 2.34. The van der Waals surface area contributed by atoms with E-state index in [2.05, 4.69) is 4.90 Å². The Morgan fingerprint density at radius 2 is 2.14 bits per heavy atom. The van der Waals surface area contributed by atoms with Crippen LogP contribution in [0.15, 0.2) is 0 Å². The van der Waals surface area contributed by atoms with Gasteiger partial charge in [-0.15, -0.1) is 0 Å². The molecule has 0 N–H and O–H groups in total. The summed E-state index contributed by atoms with van der Waals surface area (Å²) < 4.78 is 5.26. The maximum atomic E-state index is 10.7. The molecule has 1 aliphatic carbocycles. The van der Waals surface area contributed by atoms with Crippen molar-refractivity contribution in [3.63, 3.8) is 0 Å². The molecule has 0 aromatic heterocycles. The molecule has 75 valence electrons. The van der Waals surface area contributed by atoms with Crippen molar-refractivity contribution in [1.29, 1.82) is 0 Å². The Balaban J connectivity index is 1.80. The fraction of sp³-hybridized carbons (Fsp3) is 0.455. The van der Waals surface area contributed by atoms with Gasteiger partial charge in [-0.3, -0.25) is 4.90 Å². The van der Waals surface area contributed by atoms with Crippen molar-refractivity contribution in [2.24, 2.45) is 0 Å². The Bertz CT molecular complexity index is 190. The number of hydrogen-bond acceptors (Lipinski definition) is 3. The first-order valence-corrected chi connectivity index (χ1v) is 4.90. The molecule has 1 heterocycles. The summed E-state index contributed by atoms with van der Waals surface area (Å²) in [5.74, 6) is 1.94. The van der Waals surface area contributed by atoms with Gasteiger partial charge in [0.05, 0.1) is 19.1 Å². The predicted molar refractivity (Wildman–Crippen MR) is 52.7 cm³/mol. The van der Waals surface area contributed by atoms with Crippen LogP contribution in [0.25, 0.3) is 0 Å². The standard InChI is InChI=1S/C11H14NO2/c13-9-11-3-1-2-10(11)8-12-4-6-14-7-5-12/h1-3,9H,4-8H2. The molecular formula is C11H14NO2. The van der Waals surface area contributed by atoms with Crippen molar-refractivity contribution >= 4 is 6.29 Å². The molecule has 3 nitrogen and oxygen atoms in total. The smallest absolute Gasteiger partial charge is 0.128 e. The molecule has 2 rings (SSSR count). The van der Waals surface area contributed by atoms with E-state index < -0.39 is 0 Å². The quantitative estimate of drug-likeness (QED) is 0.602. The number of morpholine rings is 1. The number of ether oxygens (including phenoxy) is 1. The topological polar surface area (TPSA) is 29.5 Å². The van der Waals surface area contributed by atoms with Gasteiger partial charge in [0.2, 0.25) is 0 Å². The molecule has 0 amide bonds. The third-order valence-electron chi connectivity index (χ3n) is 2.57. The summed E-state index contributed by atoms with van der Waals surface area (Å²) in [5.41, 5.74) is 0. The Labute approximate surface area is 85.4 Å². The molecule has 2 aliphatic rings. The van der Waals surface area contributed by atoms with Crippen LogP contribution in [0, 0.1) is 31.1 Å². The van der Waals surface area contributed by atoms with E-state index in [0.29, 0.717) is 0 Å². The summed E-state index contributed by atoms with van der Waals surface area (Å²) in [6.45, 7) is 4.39. The van der Waals surface area contributed by atoms with Crippen LogP contribution in [0.2, 0.25) is 0 Å². The Hall–Kier alpha value is -0.410. The van der Waals surface area contributed by atoms with Gasteiger partial charge in [-0.05, 0) is 19.3 Å². The van der Waals surface area contributed by atoms with Gasteiger partial charge < -0.3 is 9.53 Å². The van der Waals surface area contributed by atoms with E-state index >= 15 is 0 Å². The lowest BCUT2D eigenvalue weighted by molar-refractivity contribution is -0.106. The normalized spacial score (nSPS) is 26.9. The molecule has 0 spiro atoms. The summed E-state index contributed by atoms with van der Waals surface area (Å²) in [6.07, 6.45) is 6.73. The molecule has 1 saturated carbocycles. The van der Waals surface area contributed by atoms with E-state index in [4.69, 9.17) is 4.74 Å². The van der Waals surface area contributed by atoms with E-state index in [1.165, 1.54) is 0 Å². The van der Waals surface area contributed by atoms with Crippen LogP contribution in [0.5, 0.6) is 0 Å². The minimum absolute atomic E-state index is 0.803. The number of rotatable bonds is 3. The van der Waals surface area contributed by atoms with Gasteiger partial charge in [-0.2, -0.15) is 0 Å². The zero-order valence-electron chi connectivity index (χ0n) is 8.11. The molecule has 0 bridgehead atoms. The monoisotopic (exact) mass is 192 g/mol. The lowest BCUT2D eigenvalue weighted by Crippen LogP contribution is -2.39. The maximum absolute atomic E-state index is 10.7. The molecule has 5 radical (unpaired) electrons. The number of carbonyl (C=O) groups is 1. The van der Waals surface area contributed by atoms with Gasteiger partial charge in [-0.1, -0.05) is 0 Å². The van der Waals surface area contributed by atoms with E-state index in [9.17, 15) is 4.79 Å². The van der Waals surface area contributed by atoms with Gasteiger partial charge >= 0.3 is 0 Å². The van der Waals surface area contributed by atoms with Crippen LogP contribution in [0.3, 0.4) is 0 Å². The average molecular weight is 192 g/mol. The highest BCUT2D eigenvalue weighted by molar-refractivity contribution is 5.81. The molecule has 1 aliphatic heterocycles. The molecule has 1 saturated heterocycles. The van der Waals surface area contributed by atoms with Gasteiger partial charge in [0.15, 0.2) is 0 Å². The Morgan fingerprint density at radius 3 is 2.86 bits per heavy atom. The van der Waals surface area contributed by atoms with E-state index in [0.717, 1.165) is 51.0 Å². The SMILES string of the molecule is O=C[C]1[CH][CH][CH][C]1CN1CCOCC1. The van der Waals surface area contributed by atoms with Gasteiger partial charge in [0, 0.05) is 25.6 Å². The summed E-state index contributed by atoms with van der Waals surface area (Å²) in [7, 11) is 0. The third-order valence-corrected chi connectivity index (χ3v) is 2.57. The highest BCUT2D eigenvalue weighted by atomic mass is 16.5. The van der Waals surface area contributed by atoms with E-state index in [1.54, 1.807) is 0 Å². The van der Waals surface area contributed by atoms with Gasteiger partial charge in [0.1, 0.15) is 6.29 Å². The van der Waals surface area contributed by atoms with Crippen molar-refractivity contribution in [2.45, 2.75) is 0 Å². The molecule has 0 aromatic carbocycles. The second-order valence-electron chi connectivity index (χ2n) is 3.51. The van der Waals surface area contributed by atoms with E-state index in [-0.39, 0.29) is 0 Å². The molecule has 0 unspecified atom stereocenters. The predicted octanol–water partition coefficient (Wildman–Crippen LogP) is 0.293. The van der Waals surface area contributed by atoms with Crippen LogP contribution < -0.4 is 0 Å². The van der Waals surface area contributed by atoms with Crippen molar-refractivity contribution in [2.75, 3.05) is 32.8 Å². The first kappa shape index (κ1) is 10.1. The summed E-state index contributed by atoms with van der Waals surface area (Å²) in [6, 6.07) is 0. The number of hydrogen-bond donors (Lipinski definition) is 0. The largest absolute Gasteiger partial charge is 0.379 e. The molecular weight excluding hydrogens is 178 g/mol. The van der Waals surface area contributed by atoms with Crippen LogP contribution in [-0.2, 0) is 9.53 Å². The van der Waals surface area contributed by atoms with Crippen molar-refractivity contribution < 1.29 is 9.53 Å².